The van der Waals surface area contributed by atoms with Gasteiger partial charge in [0.2, 0.25) is 0 Å². The molecule has 6 heteroatoms. The number of unbranched alkanes of at least 4 members (excludes halogenated alkanes) is 10. The van der Waals surface area contributed by atoms with Gasteiger partial charge in [-0.2, -0.15) is 0 Å². The lowest BCUT2D eigenvalue weighted by Gasteiger charge is -2.12. The molecule has 2 aromatic heterocycles. The van der Waals surface area contributed by atoms with Crippen molar-refractivity contribution < 1.29 is 0 Å². The zero-order chi connectivity index (χ0) is 27.5. The maximum atomic E-state index is 3.92. The average Bonchev–Trinajstić information content (AvgIpc) is 3.53. The molecule has 0 N–H and O–H groups in total. The molecule has 0 saturated heterocycles. The van der Waals surface area contributed by atoms with Gasteiger partial charge in [-0.3, -0.25) is 9.36 Å². The van der Waals surface area contributed by atoms with Gasteiger partial charge >= 0.3 is 0 Å². The molecule has 0 aliphatic heterocycles. The van der Waals surface area contributed by atoms with Gasteiger partial charge in [-0.1, -0.05) is 128 Å². The Kier molecular flexibility index (Phi) is 26.2. The molecule has 0 unspecified atom stereocenters. The van der Waals surface area contributed by atoms with Crippen molar-refractivity contribution in [2.45, 2.75) is 152 Å². The van der Waals surface area contributed by atoms with Crippen LogP contribution in [0.5, 0.6) is 0 Å². The van der Waals surface area contributed by atoms with E-state index in [1.165, 1.54) is 89.0 Å². The van der Waals surface area contributed by atoms with Crippen molar-refractivity contribution in [1.29, 1.82) is 0 Å². The summed E-state index contributed by atoms with van der Waals surface area (Å²) in [7, 11) is 0. The molecule has 0 amide bonds. The Morgan fingerprint density at radius 1 is 0.639 bits per heavy atom. The molecule has 0 spiro atoms. The van der Waals surface area contributed by atoms with E-state index in [0.717, 1.165) is 13.1 Å². The molecule has 0 atom stereocenters. The average molecular weight is 505 g/mol. The Morgan fingerprint density at radius 2 is 0.944 bits per heavy atom. The molecule has 0 aliphatic rings. The van der Waals surface area contributed by atoms with Crippen LogP contribution in [-0.4, -0.2) is 30.0 Å². The molecule has 6 nitrogen and oxygen atoms in total. The van der Waals surface area contributed by atoms with Crippen molar-refractivity contribution in [3.05, 3.63) is 36.9 Å². The van der Waals surface area contributed by atoms with Crippen molar-refractivity contribution in [2.75, 3.05) is 0 Å². The molecule has 0 aliphatic carbocycles. The van der Waals surface area contributed by atoms with E-state index in [2.05, 4.69) is 68.7 Å². The molecule has 0 saturated carbocycles. The van der Waals surface area contributed by atoms with Crippen LogP contribution in [-0.2, 0) is 13.1 Å². The van der Waals surface area contributed by atoms with Crippen molar-refractivity contribution in [3.63, 3.8) is 0 Å². The molecule has 0 fully saturated rings. The van der Waals surface area contributed by atoms with Gasteiger partial charge in [0.25, 0.3) is 0 Å². The summed E-state index contributed by atoms with van der Waals surface area (Å²) in [5, 5.41) is 15.4. The highest BCUT2D eigenvalue weighted by Crippen LogP contribution is 2.16. The van der Waals surface area contributed by atoms with Crippen LogP contribution in [0.25, 0.3) is 0 Å². The summed E-state index contributed by atoms with van der Waals surface area (Å²) >= 11 is 0. The third-order valence-corrected chi connectivity index (χ3v) is 5.49. The second-order valence-electron chi connectivity index (χ2n) is 11.0. The van der Waals surface area contributed by atoms with E-state index in [9.17, 15) is 0 Å². The summed E-state index contributed by atoms with van der Waals surface area (Å²) in [6.07, 6.45) is 24.6. The van der Waals surface area contributed by atoms with E-state index < -0.39 is 0 Å². The van der Waals surface area contributed by atoms with E-state index in [1.54, 1.807) is 12.4 Å². The molecule has 0 bridgehead atoms. The Labute approximate surface area is 224 Å². The van der Waals surface area contributed by atoms with Crippen LogP contribution in [0.4, 0.5) is 0 Å². The van der Waals surface area contributed by atoms with Crippen molar-refractivity contribution >= 4 is 0 Å². The van der Waals surface area contributed by atoms with Gasteiger partial charge in [0.1, 0.15) is 0 Å². The second kappa shape index (κ2) is 26.1. The fourth-order valence-electron chi connectivity index (χ4n) is 2.81. The van der Waals surface area contributed by atoms with Gasteiger partial charge in [-0.15, -0.1) is 16.8 Å². The monoisotopic (exact) mass is 504 g/mol. The van der Waals surface area contributed by atoms with E-state index in [0.29, 0.717) is 5.41 Å². The number of aromatic nitrogens is 6. The molecule has 2 rings (SSSR count). The van der Waals surface area contributed by atoms with Crippen LogP contribution in [0, 0.1) is 5.41 Å². The maximum absolute atomic E-state index is 3.92. The van der Waals surface area contributed by atoms with Gasteiger partial charge in [-0.05, 0) is 32.1 Å². The predicted molar refractivity (Wildman–Crippen MR) is 157 cm³/mol. The summed E-state index contributed by atoms with van der Waals surface area (Å²) in [4.78, 5) is 0. The topological polar surface area (TPSA) is 61.4 Å². The normalized spacial score (nSPS) is 10.3. The Bertz CT molecular complexity index is 606. The third kappa shape index (κ3) is 32.0. The summed E-state index contributed by atoms with van der Waals surface area (Å²) in [6.45, 7) is 23.0. The lowest BCUT2D eigenvalue weighted by atomic mass is 9.94. The van der Waals surface area contributed by atoms with E-state index in [-0.39, 0.29) is 0 Å². The van der Waals surface area contributed by atoms with Gasteiger partial charge < -0.3 is 0 Å². The molecule has 36 heavy (non-hydrogen) atoms. The van der Waals surface area contributed by atoms with Crippen LogP contribution < -0.4 is 0 Å². The lowest BCUT2D eigenvalue weighted by Crippen LogP contribution is -2.00. The number of allylic oxidation sites excluding steroid dienone is 1. The van der Waals surface area contributed by atoms with Gasteiger partial charge in [0, 0.05) is 25.5 Å². The van der Waals surface area contributed by atoms with Gasteiger partial charge in [-0.25, -0.2) is 0 Å². The number of hydrogen-bond acceptors (Lipinski definition) is 4. The van der Waals surface area contributed by atoms with Gasteiger partial charge in [0.15, 0.2) is 0 Å². The van der Waals surface area contributed by atoms with Crippen molar-refractivity contribution in [3.8, 4) is 0 Å². The first-order valence-electron chi connectivity index (χ1n) is 14.5. The first-order chi connectivity index (χ1) is 17.2. The fraction of sp³-hybridized carbons (Fsp3) is 0.800. The number of aryl methyl sites for hydroxylation is 2. The summed E-state index contributed by atoms with van der Waals surface area (Å²) < 4.78 is 3.81. The molecule has 2 aromatic rings. The smallest absolute Gasteiger partial charge is 0.0692 e. The van der Waals surface area contributed by atoms with Crippen LogP contribution in [0.15, 0.2) is 36.9 Å². The highest BCUT2D eigenvalue weighted by atomic mass is 15.4. The summed E-state index contributed by atoms with van der Waals surface area (Å²) in [6, 6.07) is 0. The number of nitrogens with zero attached hydrogens (tertiary/aromatic N) is 6. The first kappa shape index (κ1) is 36.2. The standard InChI is InChI=1S/2C10H19N3.C6H14.C4H8/c2*1-2-3-4-5-6-7-9-13-10-8-11-12-13;1-5-6(2,3)4;1-4(2)3/h2*8,10H,2-7,9H2,1H3;5H2,1-4H3;1H2,2-3H3. The van der Waals surface area contributed by atoms with Crippen LogP contribution in [0.1, 0.15) is 139 Å². The second-order valence-corrected chi connectivity index (χ2v) is 11.0. The Hall–Kier alpha value is -1.98. The zero-order valence-electron chi connectivity index (χ0n) is 25.3. The quantitative estimate of drug-likeness (QED) is 0.190. The molecule has 2 heterocycles. The van der Waals surface area contributed by atoms with Crippen LogP contribution in [0.2, 0.25) is 0 Å². The van der Waals surface area contributed by atoms with E-state index >= 15 is 0 Å². The molecular formula is C30H60N6. The minimum absolute atomic E-state index is 0.542. The first-order valence-corrected chi connectivity index (χ1v) is 14.5. The minimum atomic E-state index is 0.542. The SMILES string of the molecule is C=C(C)C.CCC(C)(C)C.CCCCCCCCn1ccnn1.CCCCCCCCn1ccnn1. The zero-order valence-corrected chi connectivity index (χ0v) is 25.3. The molecule has 0 aromatic carbocycles. The Balaban J connectivity index is 0. The summed E-state index contributed by atoms with van der Waals surface area (Å²) in [5.41, 5.74) is 1.71. The number of hydrogen-bond donors (Lipinski definition) is 0. The largest absolute Gasteiger partial charge is 0.253 e. The Morgan fingerprint density at radius 3 is 1.19 bits per heavy atom. The van der Waals surface area contributed by atoms with Crippen molar-refractivity contribution in [1.82, 2.24) is 30.0 Å². The number of rotatable bonds is 14. The maximum Gasteiger partial charge on any atom is 0.0692 e. The molecule has 210 valence electrons. The highest BCUT2D eigenvalue weighted by molar-refractivity contribution is 4.78. The summed E-state index contributed by atoms with van der Waals surface area (Å²) in [5.74, 6) is 0. The fourth-order valence-corrected chi connectivity index (χ4v) is 2.81. The van der Waals surface area contributed by atoms with Gasteiger partial charge in [0.05, 0.1) is 12.4 Å². The van der Waals surface area contributed by atoms with E-state index in [1.807, 2.05) is 35.6 Å². The molecular weight excluding hydrogens is 444 g/mol. The minimum Gasteiger partial charge on any atom is -0.253 e. The molecule has 0 radical (unpaired) electrons. The van der Waals surface area contributed by atoms with Crippen molar-refractivity contribution in [2.24, 2.45) is 5.41 Å². The lowest BCUT2D eigenvalue weighted by molar-refractivity contribution is 0.398. The third-order valence-electron chi connectivity index (χ3n) is 5.49. The predicted octanol–water partition coefficient (Wildman–Crippen LogP) is 9.30. The highest BCUT2D eigenvalue weighted by Gasteiger charge is 2.03. The van der Waals surface area contributed by atoms with E-state index in [4.69, 9.17) is 0 Å². The van der Waals surface area contributed by atoms with Crippen LogP contribution >= 0.6 is 0 Å². The van der Waals surface area contributed by atoms with Crippen LogP contribution in [0.3, 0.4) is 0 Å².